The van der Waals surface area contributed by atoms with Crippen LogP contribution in [-0.4, -0.2) is 41.9 Å². The molecule has 0 spiro atoms. The minimum atomic E-state index is -0.583. The number of rotatable bonds is 6. The number of hydrogen-bond acceptors (Lipinski definition) is 5. The number of nitro groups is 1. The van der Waals surface area contributed by atoms with E-state index in [9.17, 15) is 19.7 Å². The lowest BCUT2D eigenvalue weighted by Crippen LogP contribution is -2.33. The molecule has 0 aliphatic heterocycles. The smallest absolute Gasteiger partial charge is 0.307 e. The van der Waals surface area contributed by atoms with Gasteiger partial charge in [-0.25, -0.2) is 0 Å². The average Bonchev–Trinajstić information content (AvgIpc) is 2.46. The Labute approximate surface area is 122 Å². The van der Waals surface area contributed by atoms with Crippen LogP contribution in [-0.2, 0) is 9.53 Å². The van der Waals surface area contributed by atoms with E-state index >= 15 is 0 Å². The number of carbonyl (C=O) groups excluding carboxylic acids is 2. The highest BCUT2D eigenvalue weighted by atomic mass is 16.6. The average molecular weight is 294 g/mol. The van der Waals surface area contributed by atoms with E-state index in [4.69, 9.17) is 0 Å². The van der Waals surface area contributed by atoms with Gasteiger partial charge in [-0.3, -0.25) is 19.7 Å². The van der Waals surface area contributed by atoms with Gasteiger partial charge in [0, 0.05) is 19.2 Å². The van der Waals surface area contributed by atoms with Crippen LogP contribution in [0, 0.1) is 17.0 Å². The van der Waals surface area contributed by atoms with Gasteiger partial charge in [0.05, 0.1) is 18.5 Å². The number of nitro benzene ring substituents is 1. The lowest BCUT2D eigenvalue weighted by atomic mass is 10.1. The fourth-order valence-corrected chi connectivity index (χ4v) is 1.88. The molecule has 1 aromatic rings. The van der Waals surface area contributed by atoms with Crippen LogP contribution in [0.15, 0.2) is 18.2 Å². The molecule has 0 heterocycles. The Morgan fingerprint density at radius 1 is 1.38 bits per heavy atom. The molecule has 7 nitrogen and oxygen atoms in total. The minimum absolute atomic E-state index is 0.0340. The molecule has 7 heteroatoms. The summed E-state index contributed by atoms with van der Waals surface area (Å²) in [6, 6.07) is 4.39. The molecule has 0 saturated carbocycles. The zero-order valence-electron chi connectivity index (χ0n) is 12.3. The Bertz CT molecular complexity index is 556. The van der Waals surface area contributed by atoms with Gasteiger partial charge in [-0.1, -0.05) is 6.07 Å². The second-order valence-electron chi connectivity index (χ2n) is 4.49. The van der Waals surface area contributed by atoms with Crippen molar-refractivity contribution in [3.05, 3.63) is 39.4 Å². The van der Waals surface area contributed by atoms with Crippen LogP contribution in [0.25, 0.3) is 0 Å². The van der Waals surface area contributed by atoms with Gasteiger partial charge in [0.25, 0.3) is 11.6 Å². The molecule has 0 aliphatic carbocycles. The largest absolute Gasteiger partial charge is 0.469 e. The zero-order chi connectivity index (χ0) is 16.0. The van der Waals surface area contributed by atoms with Crippen molar-refractivity contribution in [1.29, 1.82) is 0 Å². The zero-order valence-corrected chi connectivity index (χ0v) is 12.3. The van der Waals surface area contributed by atoms with Crippen LogP contribution in [0.3, 0.4) is 0 Å². The first-order valence-electron chi connectivity index (χ1n) is 6.51. The van der Waals surface area contributed by atoms with Gasteiger partial charge >= 0.3 is 5.97 Å². The Kier molecular flexibility index (Phi) is 5.83. The maximum atomic E-state index is 12.4. The molecule has 0 aliphatic rings. The molecule has 0 bridgehead atoms. The fraction of sp³-hybridized carbons (Fsp3) is 0.429. The summed E-state index contributed by atoms with van der Waals surface area (Å²) in [5, 5.41) is 11.0. The number of ether oxygens (including phenoxy) is 1. The molecule has 114 valence electrons. The second-order valence-corrected chi connectivity index (χ2v) is 4.49. The molecule has 0 aromatic heterocycles. The van der Waals surface area contributed by atoms with E-state index in [-0.39, 0.29) is 24.2 Å². The maximum Gasteiger partial charge on any atom is 0.307 e. The molecule has 0 fully saturated rings. The van der Waals surface area contributed by atoms with E-state index in [1.54, 1.807) is 19.9 Å². The summed E-state index contributed by atoms with van der Waals surface area (Å²) < 4.78 is 4.53. The SMILES string of the molecule is CCN(CCC(=O)OC)C(=O)c1cc(C)ccc1[N+](=O)[O-]. The second kappa shape index (κ2) is 7.37. The Morgan fingerprint density at radius 2 is 2.05 bits per heavy atom. The van der Waals surface area contributed by atoms with E-state index in [1.165, 1.54) is 24.1 Å². The summed E-state index contributed by atoms with van der Waals surface area (Å²) in [4.78, 5) is 35.4. The van der Waals surface area contributed by atoms with E-state index in [2.05, 4.69) is 4.74 Å². The summed E-state index contributed by atoms with van der Waals surface area (Å²) >= 11 is 0. The van der Waals surface area contributed by atoms with Crippen LogP contribution in [0.2, 0.25) is 0 Å². The number of esters is 1. The highest BCUT2D eigenvalue weighted by Gasteiger charge is 2.24. The summed E-state index contributed by atoms with van der Waals surface area (Å²) in [6.07, 6.45) is 0.0513. The number of aryl methyl sites for hydroxylation is 1. The van der Waals surface area contributed by atoms with Crippen LogP contribution >= 0.6 is 0 Å². The maximum absolute atomic E-state index is 12.4. The summed E-state index contributed by atoms with van der Waals surface area (Å²) in [5.74, 6) is -0.892. The van der Waals surface area contributed by atoms with E-state index < -0.39 is 16.8 Å². The number of hydrogen-bond donors (Lipinski definition) is 0. The Morgan fingerprint density at radius 3 is 2.57 bits per heavy atom. The first-order chi connectivity index (χ1) is 9.90. The molecule has 21 heavy (non-hydrogen) atoms. The highest BCUT2D eigenvalue weighted by molar-refractivity contribution is 5.98. The monoisotopic (exact) mass is 294 g/mol. The number of benzene rings is 1. The molecule has 1 rings (SSSR count). The lowest BCUT2D eigenvalue weighted by Gasteiger charge is -2.20. The van der Waals surface area contributed by atoms with Gasteiger partial charge in [0.15, 0.2) is 0 Å². The van der Waals surface area contributed by atoms with Crippen LogP contribution in [0.4, 0.5) is 5.69 Å². The van der Waals surface area contributed by atoms with Crippen molar-refractivity contribution >= 4 is 17.6 Å². The fourth-order valence-electron chi connectivity index (χ4n) is 1.88. The quantitative estimate of drug-likeness (QED) is 0.454. The molecule has 0 saturated heterocycles. The van der Waals surface area contributed by atoms with Crippen LogP contribution in [0.1, 0.15) is 29.3 Å². The van der Waals surface area contributed by atoms with E-state index in [0.29, 0.717) is 6.54 Å². The third-order valence-corrected chi connectivity index (χ3v) is 3.06. The number of methoxy groups -OCH3 is 1. The summed E-state index contributed by atoms with van der Waals surface area (Å²) in [5.41, 5.74) is 0.557. The predicted molar refractivity (Wildman–Crippen MR) is 76.0 cm³/mol. The topological polar surface area (TPSA) is 89.8 Å². The molecule has 1 amide bonds. The Hall–Kier alpha value is -2.44. The van der Waals surface area contributed by atoms with Gasteiger partial charge in [-0.15, -0.1) is 0 Å². The Balaban J connectivity index is 3.02. The van der Waals surface area contributed by atoms with Crippen molar-refractivity contribution in [2.75, 3.05) is 20.2 Å². The molecule has 0 radical (unpaired) electrons. The third-order valence-electron chi connectivity index (χ3n) is 3.06. The summed E-state index contributed by atoms with van der Waals surface area (Å²) in [6.45, 7) is 4.01. The third kappa shape index (κ3) is 4.27. The van der Waals surface area contributed by atoms with E-state index in [1.807, 2.05) is 0 Å². The van der Waals surface area contributed by atoms with E-state index in [0.717, 1.165) is 5.56 Å². The van der Waals surface area contributed by atoms with Gasteiger partial charge < -0.3 is 9.64 Å². The van der Waals surface area contributed by atoms with Crippen molar-refractivity contribution in [3.63, 3.8) is 0 Å². The van der Waals surface area contributed by atoms with Gasteiger partial charge in [-0.2, -0.15) is 0 Å². The molecule has 0 N–H and O–H groups in total. The van der Waals surface area contributed by atoms with Crippen molar-refractivity contribution in [2.45, 2.75) is 20.3 Å². The number of amides is 1. The van der Waals surface area contributed by atoms with Gasteiger partial charge in [0.2, 0.25) is 0 Å². The van der Waals surface area contributed by atoms with Crippen molar-refractivity contribution in [2.24, 2.45) is 0 Å². The number of carbonyl (C=O) groups is 2. The normalized spacial score (nSPS) is 10.0. The standard InChI is InChI=1S/C14H18N2O5/c1-4-15(8-7-13(17)21-3)14(18)11-9-10(2)5-6-12(11)16(19)20/h5-6,9H,4,7-8H2,1-3H3. The lowest BCUT2D eigenvalue weighted by molar-refractivity contribution is -0.385. The van der Waals surface area contributed by atoms with Crippen LogP contribution < -0.4 is 0 Å². The number of nitrogens with zero attached hydrogens (tertiary/aromatic N) is 2. The van der Waals surface area contributed by atoms with Crippen molar-refractivity contribution in [1.82, 2.24) is 4.90 Å². The predicted octanol–water partition coefficient (Wildman–Crippen LogP) is 1.93. The van der Waals surface area contributed by atoms with Crippen LogP contribution in [0.5, 0.6) is 0 Å². The van der Waals surface area contributed by atoms with Crippen molar-refractivity contribution < 1.29 is 19.2 Å². The molecular weight excluding hydrogens is 276 g/mol. The molecule has 1 aromatic carbocycles. The molecule has 0 atom stereocenters. The van der Waals surface area contributed by atoms with Gasteiger partial charge in [0.1, 0.15) is 5.56 Å². The minimum Gasteiger partial charge on any atom is -0.469 e. The first-order valence-corrected chi connectivity index (χ1v) is 6.51. The molecule has 0 unspecified atom stereocenters. The van der Waals surface area contributed by atoms with Gasteiger partial charge in [-0.05, 0) is 25.5 Å². The van der Waals surface area contributed by atoms with Crippen molar-refractivity contribution in [3.8, 4) is 0 Å². The highest BCUT2D eigenvalue weighted by Crippen LogP contribution is 2.21. The summed E-state index contributed by atoms with van der Waals surface area (Å²) in [7, 11) is 1.27. The first kappa shape index (κ1) is 16.6. The molecular formula is C14H18N2O5.